The van der Waals surface area contributed by atoms with Crippen molar-refractivity contribution in [2.75, 3.05) is 0 Å². The zero-order chi connectivity index (χ0) is 19.7. The first kappa shape index (κ1) is 25.6. The van der Waals surface area contributed by atoms with E-state index >= 15 is 0 Å². The van der Waals surface area contributed by atoms with Gasteiger partial charge in [0.2, 0.25) is 0 Å². The van der Waals surface area contributed by atoms with E-state index in [0.29, 0.717) is 20.5 Å². The van der Waals surface area contributed by atoms with Gasteiger partial charge in [0.05, 0.1) is 0 Å². The standard InChI is InChI=1S/C18H12ClF3N3O.CH3.V.W/c1-9(15-14(26-18(21)22)3-2-13(20)16(15)19)12-8-25-17-11(12)6-10(4-5-23)7-24-17;;;/h2-3,5-9,18H,1H3,(H,24,25);1H3;;/q2*-1;+2;. The van der Waals surface area contributed by atoms with Crippen molar-refractivity contribution < 1.29 is 55.8 Å². The van der Waals surface area contributed by atoms with E-state index in [1.807, 2.05) is 6.07 Å². The minimum atomic E-state index is -3.06. The van der Waals surface area contributed by atoms with Crippen LogP contribution in [0.15, 0.2) is 30.6 Å². The second-order valence-corrected chi connectivity index (χ2v) is 7.69. The van der Waals surface area contributed by atoms with Crippen LogP contribution in [0.25, 0.3) is 16.4 Å². The Hall–Kier alpha value is -1.40. The molecule has 0 fully saturated rings. The number of nitrogens with one attached hydrogen (secondary N) is 1. The molecule has 1 radical (unpaired) electrons. The molecule has 1 unspecified atom stereocenters. The van der Waals surface area contributed by atoms with Crippen LogP contribution in [0.2, 0.25) is 5.02 Å². The van der Waals surface area contributed by atoms with Gasteiger partial charge < -0.3 is 7.43 Å². The molecule has 0 aliphatic rings. The molecule has 0 aliphatic heterocycles. The maximum Gasteiger partial charge on any atom is 2.00 e. The second kappa shape index (κ2) is 10.6. The zero-order valence-corrected chi connectivity index (χ0v) is 20.4. The van der Waals surface area contributed by atoms with Crippen LogP contribution in [0.1, 0.15) is 29.5 Å². The zero-order valence-electron chi connectivity index (χ0n) is 15.3. The molecule has 1 N–H and O–H groups in total. The third-order valence-corrected chi connectivity index (χ3v) is 5.78. The van der Waals surface area contributed by atoms with E-state index in [0.717, 1.165) is 43.3 Å². The predicted octanol–water partition coefficient (Wildman–Crippen LogP) is 5.26. The summed E-state index contributed by atoms with van der Waals surface area (Å²) in [4.78, 5) is 7.31. The monoisotopic (exact) mass is 628 g/mol. The van der Waals surface area contributed by atoms with E-state index in [-0.39, 0.29) is 42.3 Å². The molecule has 10 heteroatoms. The number of benzene rings is 1. The van der Waals surface area contributed by atoms with Crippen molar-refractivity contribution in [1.82, 2.24) is 9.97 Å². The molecule has 151 valence electrons. The van der Waals surface area contributed by atoms with Gasteiger partial charge >= 0.3 is 187 Å². The molecule has 1 atom stereocenters. The van der Waals surface area contributed by atoms with Crippen molar-refractivity contribution in [1.29, 1.82) is 0 Å². The molecule has 1 aromatic carbocycles. The first-order chi connectivity index (χ1) is 12.8. The molecule has 2 aromatic heterocycles. The molecule has 0 bridgehead atoms. The summed E-state index contributed by atoms with van der Waals surface area (Å²) in [5, 5.41) is 9.67. The van der Waals surface area contributed by atoms with Crippen LogP contribution in [0, 0.1) is 13.2 Å². The number of pyridine rings is 1. The molecule has 29 heavy (non-hydrogen) atoms. The van der Waals surface area contributed by atoms with Crippen LogP contribution in [0.5, 0.6) is 5.75 Å². The number of H-pyrrole nitrogens is 1. The Morgan fingerprint density at radius 2 is 2.07 bits per heavy atom. The van der Waals surface area contributed by atoms with Gasteiger partial charge in [-0.2, -0.15) is 0 Å². The van der Waals surface area contributed by atoms with Crippen LogP contribution in [0.3, 0.4) is 0 Å². The van der Waals surface area contributed by atoms with Crippen molar-refractivity contribution >= 4 is 32.7 Å². The van der Waals surface area contributed by atoms with Crippen LogP contribution >= 0.6 is 11.6 Å². The van der Waals surface area contributed by atoms with Crippen LogP contribution in [-0.2, 0) is 37.9 Å². The number of alkyl halides is 2. The van der Waals surface area contributed by atoms with Crippen LogP contribution < -0.4 is 4.74 Å². The summed E-state index contributed by atoms with van der Waals surface area (Å²) in [6.07, 6.45) is 4.29. The van der Waals surface area contributed by atoms with Gasteiger partial charge in [0.25, 0.3) is 0 Å². The van der Waals surface area contributed by atoms with E-state index in [1.165, 1.54) is 0 Å². The number of ether oxygens (including phenoxy) is 1. The number of hydrogen-bond donors (Lipinski definition) is 1. The maximum atomic E-state index is 14.0. The molecule has 0 aliphatic carbocycles. The summed E-state index contributed by atoms with van der Waals surface area (Å²) < 4.78 is 44.8. The summed E-state index contributed by atoms with van der Waals surface area (Å²) in [6, 6.07) is 3.95. The van der Waals surface area contributed by atoms with Crippen molar-refractivity contribution in [2.45, 2.75) is 19.5 Å². The van der Waals surface area contributed by atoms with Gasteiger partial charge in [-0.15, -0.1) is 0 Å². The smallest absolute Gasteiger partial charge is 0.358 e. The average Bonchev–Trinajstić information content (AvgIpc) is 3.06. The number of aromatic amines is 1. The van der Waals surface area contributed by atoms with Crippen LogP contribution in [0.4, 0.5) is 13.2 Å². The van der Waals surface area contributed by atoms with E-state index < -0.39 is 18.3 Å². The van der Waals surface area contributed by atoms with Gasteiger partial charge in [-0.3, -0.25) is 0 Å². The molecule has 2 heterocycles. The fourth-order valence-corrected chi connectivity index (χ4v) is 3.62. The van der Waals surface area contributed by atoms with Gasteiger partial charge in [0, 0.05) is 0 Å². The first-order valence-electron chi connectivity index (χ1n) is 7.75. The summed E-state index contributed by atoms with van der Waals surface area (Å²) in [5.74, 6) is -1.46. The number of aromatic nitrogens is 2. The topological polar surface area (TPSA) is 60.2 Å². The van der Waals surface area contributed by atoms with E-state index in [4.69, 9.17) is 11.6 Å². The Labute approximate surface area is 194 Å². The SMILES string of the molecule is CC(c1c(OC(F)F)ccc(F)c1Cl)c1c[nH]c2ncc([C](=[W])C=[N-])cc12.[CH3-].[V+2]. The summed E-state index contributed by atoms with van der Waals surface area (Å²) in [7, 11) is 0. The largest absolute Gasteiger partial charge is 2.00 e. The van der Waals surface area contributed by atoms with Gasteiger partial charge in [0.15, 0.2) is 0 Å². The average molecular weight is 629 g/mol. The fraction of sp³-hybridized carbons (Fsp3) is 0.158. The van der Waals surface area contributed by atoms with Gasteiger partial charge in [-0.05, 0) is 0 Å². The number of halogens is 4. The molecular weight excluding hydrogens is 613 g/mol. The van der Waals surface area contributed by atoms with Gasteiger partial charge in [0.1, 0.15) is 0 Å². The normalized spacial score (nSPS) is 11.5. The Balaban J connectivity index is 0.00000210. The molecule has 0 amide bonds. The third-order valence-electron chi connectivity index (χ3n) is 4.17. The molecule has 3 rings (SSSR count). The van der Waals surface area contributed by atoms with Crippen molar-refractivity contribution in [3.8, 4) is 5.75 Å². The van der Waals surface area contributed by atoms with Gasteiger partial charge in [-0.25, -0.2) is 0 Å². The fourth-order valence-electron chi connectivity index (χ4n) is 2.90. The predicted molar refractivity (Wildman–Crippen MR) is 102 cm³/mol. The molecular formula is C19H15ClF3N3OVW. The number of hydrogen-bond acceptors (Lipinski definition) is 2. The van der Waals surface area contributed by atoms with E-state index in [1.54, 1.807) is 19.3 Å². The first-order valence-corrected chi connectivity index (χ1v) is 9.59. The molecule has 0 saturated carbocycles. The minimum Gasteiger partial charge on any atom is -0.358 e. The number of fused-ring (bicyclic) bond motifs is 1. The van der Waals surface area contributed by atoms with E-state index in [2.05, 4.69) is 14.7 Å². The Morgan fingerprint density at radius 1 is 1.38 bits per heavy atom. The third kappa shape index (κ3) is 5.21. The quantitative estimate of drug-likeness (QED) is 0.299. The van der Waals surface area contributed by atoms with E-state index in [9.17, 15) is 18.6 Å². The van der Waals surface area contributed by atoms with Gasteiger partial charge in [-0.1, -0.05) is 0 Å². The Kier molecular flexibility index (Phi) is 9.35. The molecule has 4 nitrogen and oxygen atoms in total. The Bertz CT molecular complexity index is 1040. The molecule has 3 aromatic rings. The minimum absolute atomic E-state index is 0. The van der Waals surface area contributed by atoms with Crippen molar-refractivity contribution in [3.63, 3.8) is 0 Å². The van der Waals surface area contributed by atoms with Crippen LogP contribution in [-0.4, -0.2) is 26.7 Å². The second-order valence-electron chi connectivity index (χ2n) is 5.73. The van der Waals surface area contributed by atoms with Crippen molar-refractivity contribution in [2.24, 2.45) is 0 Å². The molecule has 0 spiro atoms. The molecule has 0 saturated heterocycles. The Morgan fingerprint density at radius 3 is 2.69 bits per heavy atom. The maximum absolute atomic E-state index is 14.0. The summed E-state index contributed by atoms with van der Waals surface area (Å²) in [6.45, 7) is -1.34. The summed E-state index contributed by atoms with van der Waals surface area (Å²) in [5.41, 5.74) is 2.11. The summed E-state index contributed by atoms with van der Waals surface area (Å²) >= 11 is 7.14. The number of nitrogens with zero attached hydrogens (tertiary/aromatic N) is 2. The van der Waals surface area contributed by atoms with Crippen molar-refractivity contribution in [3.05, 3.63) is 71.0 Å². The number of rotatable bonds is 6.